The predicted octanol–water partition coefficient (Wildman–Crippen LogP) is 2.99. The molecule has 1 aliphatic rings. The van der Waals surface area contributed by atoms with Crippen LogP contribution < -0.4 is 0 Å². The van der Waals surface area contributed by atoms with Gasteiger partial charge < -0.3 is 9.80 Å². The van der Waals surface area contributed by atoms with Gasteiger partial charge in [0, 0.05) is 26.0 Å². The monoisotopic (exact) mass is 292 g/mol. The molecule has 0 spiro atoms. The third kappa shape index (κ3) is 4.80. The fraction of sp³-hybridized carbons (Fsp3) is 0.833. The Morgan fingerprint density at radius 2 is 1.68 bits per heavy atom. The second kappa shape index (κ2) is 7.90. The lowest BCUT2D eigenvalue weighted by atomic mass is 10.5. The summed E-state index contributed by atoms with van der Waals surface area (Å²) in [4.78, 5) is 3.76. The van der Waals surface area contributed by atoms with Crippen LogP contribution in [0.15, 0.2) is 12.4 Å². The van der Waals surface area contributed by atoms with Crippen molar-refractivity contribution in [3.05, 3.63) is 12.4 Å². The molecular weight excluding hydrogens is 267 g/mol. The van der Waals surface area contributed by atoms with Gasteiger partial charge in [0.05, 0.1) is 13.2 Å². The van der Waals surface area contributed by atoms with Gasteiger partial charge in [-0.3, -0.25) is 9.05 Å². The van der Waals surface area contributed by atoms with Gasteiger partial charge in [0.2, 0.25) is 6.35 Å². The Hall–Kier alpha value is -0.550. The van der Waals surface area contributed by atoms with Crippen LogP contribution in [0.5, 0.6) is 0 Å². The maximum absolute atomic E-state index is 12.5. The van der Waals surface area contributed by atoms with Crippen molar-refractivity contribution in [3.8, 4) is 0 Å². The zero-order valence-electron chi connectivity index (χ0n) is 12.2. The van der Waals surface area contributed by atoms with E-state index in [1.807, 2.05) is 50.0 Å². The summed E-state index contributed by atoms with van der Waals surface area (Å²) < 4.78 is 28.8. The number of phosphoric ester groups is 1. The summed E-state index contributed by atoms with van der Waals surface area (Å²) in [6.45, 7) is 7.38. The van der Waals surface area contributed by atoms with E-state index in [4.69, 9.17) is 13.6 Å². The van der Waals surface area contributed by atoms with Gasteiger partial charge >= 0.3 is 7.82 Å². The lowest BCUT2D eigenvalue weighted by molar-refractivity contribution is -0.0437. The first-order valence-corrected chi connectivity index (χ1v) is 8.25. The summed E-state index contributed by atoms with van der Waals surface area (Å²) >= 11 is 0. The quantitative estimate of drug-likeness (QED) is 0.609. The topological polar surface area (TPSA) is 51.2 Å². The molecular formula is C12H25N2O4P. The van der Waals surface area contributed by atoms with Crippen molar-refractivity contribution in [3.63, 3.8) is 0 Å². The summed E-state index contributed by atoms with van der Waals surface area (Å²) in [5.41, 5.74) is 0. The van der Waals surface area contributed by atoms with E-state index in [0.717, 1.165) is 19.4 Å². The Kier molecular flexibility index (Phi) is 6.86. The third-order valence-electron chi connectivity index (χ3n) is 2.62. The van der Waals surface area contributed by atoms with E-state index in [-0.39, 0.29) is 0 Å². The molecule has 0 bridgehead atoms. The average molecular weight is 292 g/mol. The molecule has 1 rings (SSSR count). The zero-order valence-corrected chi connectivity index (χ0v) is 13.1. The molecule has 1 heterocycles. The van der Waals surface area contributed by atoms with Crippen LogP contribution in [0.4, 0.5) is 0 Å². The van der Waals surface area contributed by atoms with Gasteiger partial charge in [-0.15, -0.1) is 0 Å². The molecule has 6 nitrogen and oxygen atoms in total. The van der Waals surface area contributed by atoms with Crippen molar-refractivity contribution in [1.82, 2.24) is 9.80 Å². The van der Waals surface area contributed by atoms with Crippen LogP contribution in [0.3, 0.4) is 0 Å². The van der Waals surface area contributed by atoms with Crippen molar-refractivity contribution in [2.24, 2.45) is 0 Å². The summed E-state index contributed by atoms with van der Waals surface area (Å²) in [5.74, 6) is 0. The first-order valence-electron chi connectivity index (χ1n) is 6.79. The SMILES string of the molecule is CCCOP(=O)(OCCC)OC1N(C)C=CN1CC. The molecule has 1 unspecified atom stereocenters. The summed E-state index contributed by atoms with van der Waals surface area (Å²) in [5, 5.41) is 0. The number of phosphoric acid groups is 1. The molecule has 0 N–H and O–H groups in total. The van der Waals surface area contributed by atoms with Crippen LogP contribution in [0.25, 0.3) is 0 Å². The smallest absolute Gasteiger partial charge is 0.337 e. The first-order chi connectivity index (χ1) is 9.06. The lowest BCUT2D eigenvalue weighted by Gasteiger charge is -2.31. The fourth-order valence-electron chi connectivity index (χ4n) is 1.59. The fourth-order valence-corrected chi connectivity index (χ4v) is 3.10. The Morgan fingerprint density at radius 3 is 2.16 bits per heavy atom. The second-order valence-corrected chi connectivity index (χ2v) is 5.96. The molecule has 0 fully saturated rings. The minimum Gasteiger partial charge on any atom is -0.337 e. The zero-order chi connectivity index (χ0) is 14.3. The van der Waals surface area contributed by atoms with Crippen molar-refractivity contribution in [2.45, 2.75) is 40.0 Å². The Balaban J connectivity index is 2.67. The maximum Gasteiger partial charge on any atom is 0.478 e. The molecule has 0 aliphatic carbocycles. The molecule has 0 aromatic rings. The number of rotatable bonds is 9. The molecule has 7 heteroatoms. The molecule has 1 atom stereocenters. The molecule has 19 heavy (non-hydrogen) atoms. The van der Waals surface area contributed by atoms with Crippen LogP contribution in [0.1, 0.15) is 33.6 Å². The van der Waals surface area contributed by atoms with Gasteiger partial charge in [-0.25, -0.2) is 9.09 Å². The lowest BCUT2D eigenvalue weighted by Crippen LogP contribution is -2.38. The minimum atomic E-state index is -3.51. The molecule has 0 aromatic heterocycles. The molecule has 0 radical (unpaired) electrons. The largest absolute Gasteiger partial charge is 0.478 e. The second-order valence-electron chi connectivity index (χ2n) is 4.34. The van der Waals surface area contributed by atoms with Crippen LogP contribution in [-0.4, -0.2) is 43.0 Å². The summed E-state index contributed by atoms with van der Waals surface area (Å²) in [7, 11) is -1.65. The van der Waals surface area contributed by atoms with Crippen LogP contribution in [-0.2, 0) is 18.1 Å². The van der Waals surface area contributed by atoms with Gasteiger partial charge in [-0.1, -0.05) is 13.8 Å². The average Bonchev–Trinajstić information content (AvgIpc) is 2.75. The van der Waals surface area contributed by atoms with Gasteiger partial charge in [-0.2, -0.15) is 0 Å². The molecule has 0 amide bonds. The minimum absolute atomic E-state index is 0.358. The predicted molar refractivity (Wildman–Crippen MR) is 74.2 cm³/mol. The highest BCUT2D eigenvalue weighted by atomic mass is 31.2. The molecule has 112 valence electrons. The van der Waals surface area contributed by atoms with Gasteiger partial charge in [0.15, 0.2) is 0 Å². The van der Waals surface area contributed by atoms with Crippen molar-refractivity contribution >= 4 is 7.82 Å². The van der Waals surface area contributed by atoms with E-state index in [1.54, 1.807) is 0 Å². The van der Waals surface area contributed by atoms with Crippen molar-refractivity contribution < 1.29 is 18.1 Å². The van der Waals surface area contributed by atoms with E-state index in [9.17, 15) is 4.57 Å². The summed E-state index contributed by atoms with van der Waals surface area (Å²) in [6, 6.07) is 0. The van der Waals surface area contributed by atoms with Crippen LogP contribution in [0, 0.1) is 0 Å². The maximum atomic E-state index is 12.5. The highest BCUT2D eigenvalue weighted by Gasteiger charge is 2.35. The van der Waals surface area contributed by atoms with Gasteiger partial charge in [-0.05, 0) is 19.8 Å². The van der Waals surface area contributed by atoms with Gasteiger partial charge in [0.25, 0.3) is 0 Å². The Bertz CT molecular complexity index is 326. The number of hydrogen-bond donors (Lipinski definition) is 0. The molecule has 0 saturated heterocycles. The highest BCUT2D eigenvalue weighted by Crippen LogP contribution is 2.51. The molecule has 1 aliphatic heterocycles. The molecule has 0 saturated carbocycles. The Morgan fingerprint density at radius 1 is 1.11 bits per heavy atom. The van der Waals surface area contributed by atoms with Gasteiger partial charge in [0.1, 0.15) is 0 Å². The standard InChI is InChI=1S/C12H25N2O4P/c1-5-10-16-19(15,17-11-6-2)18-12-13(4)8-9-14(12)7-3/h8-9,12H,5-7,10-11H2,1-4H3. The third-order valence-corrected chi connectivity index (χ3v) is 4.07. The normalized spacial score (nSPS) is 19.5. The molecule has 0 aromatic carbocycles. The van der Waals surface area contributed by atoms with Crippen LogP contribution in [0.2, 0.25) is 0 Å². The van der Waals surface area contributed by atoms with Crippen LogP contribution >= 0.6 is 7.82 Å². The van der Waals surface area contributed by atoms with E-state index in [0.29, 0.717) is 13.2 Å². The van der Waals surface area contributed by atoms with E-state index in [1.165, 1.54) is 0 Å². The first kappa shape index (κ1) is 16.5. The van der Waals surface area contributed by atoms with E-state index >= 15 is 0 Å². The van der Waals surface area contributed by atoms with E-state index in [2.05, 4.69) is 0 Å². The highest BCUT2D eigenvalue weighted by molar-refractivity contribution is 7.48. The Labute approximate surface area is 115 Å². The summed E-state index contributed by atoms with van der Waals surface area (Å²) in [6.07, 6.45) is 4.86. The van der Waals surface area contributed by atoms with Crippen molar-refractivity contribution in [1.29, 1.82) is 0 Å². The number of hydrogen-bond acceptors (Lipinski definition) is 6. The van der Waals surface area contributed by atoms with Crippen molar-refractivity contribution in [2.75, 3.05) is 26.8 Å². The number of nitrogens with zero attached hydrogens (tertiary/aromatic N) is 2. The van der Waals surface area contributed by atoms with E-state index < -0.39 is 14.2 Å².